The van der Waals surface area contributed by atoms with Gasteiger partial charge in [-0.05, 0) is 56.3 Å². The summed E-state index contributed by atoms with van der Waals surface area (Å²) in [6, 6.07) is 12.9. The zero-order chi connectivity index (χ0) is 21.0. The average molecular weight is 424 g/mol. The highest BCUT2D eigenvalue weighted by Gasteiger charge is 2.35. The van der Waals surface area contributed by atoms with E-state index in [1.165, 1.54) is 44.1 Å². The number of piperidine rings is 1. The Kier molecular flexibility index (Phi) is 6.52. The Balaban J connectivity index is 1.41. The van der Waals surface area contributed by atoms with Crippen LogP contribution in [0.1, 0.15) is 56.7 Å². The third kappa shape index (κ3) is 4.91. The van der Waals surface area contributed by atoms with Crippen LogP contribution in [-0.4, -0.2) is 34.7 Å². The topological polar surface area (TPSA) is 53.1 Å². The molecule has 2 heterocycles. The Bertz CT molecular complexity index is 863. The van der Waals surface area contributed by atoms with E-state index in [0.717, 1.165) is 31.1 Å². The number of hydrogen-bond acceptors (Lipinski definition) is 4. The molecule has 4 rings (SSSR count). The van der Waals surface area contributed by atoms with Gasteiger partial charge in [0.05, 0.1) is 0 Å². The molecule has 1 atom stereocenters. The summed E-state index contributed by atoms with van der Waals surface area (Å²) in [6.07, 6.45) is 7.46. The van der Waals surface area contributed by atoms with Gasteiger partial charge in [0, 0.05) is 36.8 Å². The molecule has 2 fully saturated rings. The molecular weight excluding hydrogens is 390 g/mol. The molecule has 160 valence electrons. The second-order valence-electron chi connectivity index (χ2n) is 9.05. The van der Waals surface area contributed by atoms with Gasteiger partial charge in [0.15, 0.2) is 5.11 Å². The highest BCUT2D eigenvalue weighted by atomic mass is 32.1. The van der Waals surface area contributed by atoms with E-state index < -0.39 is 0 Å². The van der Waals surface area contributed by atoms with Crippen LogP contribution in [0, 0.1) is 12.8 Å². The predicted molar refractivity (Wildman–Crippen MR) is 128 cm³/mol. The minimum Gasteiger partial charge on any atom is -0.361 e. The van der Waals surface area contributed by atoms with E-state index in [2.05, 4.69) is 63.8 Å². The third-order valence-corrected chi connectivity index (χ3v) is 6.83. The fourth-order valence-electron chi connectivity index (χ4n) is 4.97. The molecule has 1 unspecified atom stereocenters. The van der Waals surface area contributed by atoms with Crippen LogP contribution in [-0.2, 0) is 5.41 Å². The van der Waals surface area contributed by atoms with E-state index >= 15 is 0 Å². The molecule has 0 radical (unpaired) electrons. The molecule has 30 heavy (non-hydrogen) atoms. The van der Waals surface area contributed by atoms with Crippen molar-refractivity contribution in [3.05, 3.63) is 47.7 Å². The van der Waals surface area contributed by atoms with Crippen molar-refractivity contribution in [3.63, 3.8) is 0 Å². The molecule has 1 aromatic carbocycles. The number of nitrogens with one attached hydrogen (secondary N) is 2. The summed E-state index contributed by atoms with van der Waals surface area (Å²) in [5, 5.41) is 7.30. The molecule has 2 aromatic rings. The van der Waals surface area contributed by atoms with Gasteiger partial charge in [0.25, 0.3) is 0 Å². The summed E-state index contributed by atoms with van der Waals surface area (Å²) in [4.78, 5) is 11.7. The van der Waals surface area contributed by atoms with Gasteiger partial charge in [-0.15, -0.1) is 0 Å². The Hall–Kier alpha value is -2.21. The zero-order valence-corrected chi connectivity index (χ0v) is 19.0. The van der Waals surface area contributed by atoms with E-state index in [1.807, 2.05) is 6.92 Å². The Morgan fingerprint density at radius 2 is 1.93 bits per heavy atom. The maximum Gasteiger partial charge on any atom is 0.231 e. The maximum atomic E-state index is 5.62. The minimum atomic E-state index is 0.162. The lowest BCUT2D eigenvalue weighted by Crippen LogP contribution is -2.41. The van der Waals surface area contributed by atoms with Gasteiger partial charge < -0.3 is 15.5 Å². The molecule has 0 bridgehead atoms. The monoisotopic (exact) mass is 423 g/mol. The summed E-state index contributed by atoms with van der Waals surface area (Å²) >= 11 is 5.62. The second-order valence-corrected chi connectivity index (χ2v) is 9.45. The summed E-state index contributed by atoms with van der Waals surface area (Å²) < 4.78 is 0. The van der Waals surface area contributed by atoms with E-state index in [4.69, 9.17) is 17.2 Å². The first-order chi connectivity index (χ1) is 14.5. The lowest BCUT2D eigenvalue weighted by molar-refractivity contribution is 0.435. The maximum absolute atomic E-state index is 5.62. The first-order valence-corrected chi connectivity index (χ1v) is 11.7. The van der Waals surface area contributed by atoms with Crippen molar-refractivity contribution in [2.45, 2.75) is 57.8 Å². The molecule has 1 aromatic heterocycles. The van der Waals surface area contributed by atoms with Gasteiger partial charge in [0.1, 0.15) is 5.82 Å². The van der Waals surface area contributed by atoms with Crippen LogP contribution >= 0.6 is 12.2 Å². The fraction of sp³-hybridized carbons (Fsp3) is 0.542. The number of aryl methyl sites for hydroxylation is 1. The zero-order valence-electron chi connectivity index (χ0n) is 18.2. The molecule has 1 saturated heterocycles. The van der Waals surface area contributed by atoms with Crippen LogP contribution in [0.4, 0.5) is 11.8 Å². The van der Waals surface area contributed by atoms with Crippen LogP contribution in [0.5, 0.6) is 0 Å². The highest BCUT2D eigenvalue weighted by molar-refractivity contribution is 7.80. The van der Waals surface area contributed by atoms with E-state index in [1.54, 1.807) is 0 Å². The van der Waals surface area contributed by atoms with Crippen LogP contribution in [0.15, 0.2) is 36.4 Å². The first-order valence-electron chi connectivity index (χ1n) is 11.3. The van der Waals surface area contributed by atoms with Crippen molar-refractivity contribution in [1.29, 1.82) is 0 Å². The van der Waals surface area contributed by atoms with Crippen molar-refractivity contribution in [2.75, 3.05) is 29.9 Å². The minimum absolute atomic E-state index is 0.162. The molecule has 5 nitrogen and oxygen atoms in total. The van der Waals surface area contributed by atoms with E-state index in [-0.39, 0.29) is 5.41 Å². The van der Waals surface area contributed by atoms with Crippen molar-refractivity contribution in [1.82, 2.24) is 15.3 Å². The molecule has 2 aliphatic rings. The smallest absolute Gasteiger partial charge is 0.231 e. The standard InChI is InChI=1S/C24H33N5S/c1-18-9-8-14-29(16-18)21-15-19(2)26-22(27-21)28-23(30)25-17-24(12-6-7-13-24)20-10-4-3-5-11-20/h3-5,10-11,15,18H,6-9,12-14,16-17H2,1-2H3,(H2,25,26,27,28,30). The molecule has 2 N–H and O–H groups in total. The van der Waals surface area contributed by atoms with Crippen LogP contribution in [0.25, 0.3) is 0 Å². The second kappa shape index (κ2) is 9.29. The van der Waals surface area contributed by atoms with Gasteiger partial charge in [-0.25, -0.2) is 4.98 Å². The number of nitrogens with zero attached hydrogens (tertiary/aromatic N) is 3. The normalized spacial score (nSPS) is 20.7. The summed E-state index contributed by atoms with van der Waals surface area (Å²) in [7, 11) is 0. The summed E-state index contributed by atoms with van der Waals surface area (Å²) in [6.45, 7) is 7.28. The number of rotatable bonds is 5. The van der Waals surface area contributed by atoms with Crippen molar-refractivity contribution in [3.8, 4) is 0 Å². The molecule has 6 heteroatoms. The van der Waals surface area contributed by atoms with Crippen LogP contribution in [0.3, 0.4) is 0 Å². The Labute approximate surface area is 185 Å². The van der Waals surface area contributed by atoms with Gasteiger partial charge in [-0.3, -0.25) is 0 Å². The SMILES string of the molecule is Cc1cc(N2CCCC(C)C2)nc(NC(=S)NCC2(c3ccccc3)CCCC2)n1. The molecule has 1 aliphatic carbocycles. The number of benzene rings is 1. The Morgan fingerprint density at radius 3 is 2.67 bits per heavy atom. The number of anilines is 2. The van der Waals surface area contributed by atoms with Crippen molar-refractivity contribution < 1.29 is 0 Å². The summed E-state index contributed by atoms with van der Waals surface area (Å²) in [5.74, 6) is 2.28. The van der Waals surface area contributed by atoms with Crippen LogP contribution in [0.2, 0.25) is 0 Å². The van der Waals surface area contributed by atoms with Crippen LogP contribution < -0.4 is 15.5 Å². The first kappa shape index (κ1) is 21.0. The molecule has 1 saturated carbocycles. The average Bonchev–Trinajstić information content (AvgIpc) is 3.23. The molecule has 1 aliphatic heterocycles. The number of hydrogen-bond donors (Lipinski definition) is 2. The lowest BCUT2D eigenvalue weighted by atomic mass is 9.79. The van der Waals surface area contributed by atoms with Gasteiger partial charge in [0.2, 0.25) is 5.95 Å². The van der Waals surface area contributed by atoms with Crippen molar-refractivity contribution >= 4 is 29.1 Å². The Morgan fingerprint density at radius 1 is 1.17 bits per heavy atom. The fourth-order valence-corrected chi connectivity index (χ4v) is 5.14. The summed E-state index contributed by atoms with van der Waals surface area (Å²) in [5.41, 5.74) is 2.53. The van der Waals surface area contributed by atoms with E-state index in [9.17, 15) is 0 Å². The number of thiocarbonyl (C=S) groups is 1. The van der Waals surface area contributed by atoms with Gasteiger partial charge >= 0.3 is 0 Å². The quantitative estimate of drug-likeness (QED) is 0.673. The largest absolute Gasteiger partial charge is 0.361 e. The van der Waals surface area contributed by atoms with Crippen molar-refractivity contribution in [2.24, 2.45) is 5.92 Å². The number of aromatic nitrogens is 2. The third-order valence-electron chi connectivity index (χ3n) is 6.58. The molecule has 0 spiro atoms. The van der Waals surface area contributed by atoms with Gasteiger partial charge in [-0.1, -0.05) is 50.1 Å². The lowest BCUT2D eigenvalue weighted by Gasteiger charge is -2.32. The predicted octanol–water partition coefficient (Wildman–Crippen LogP) is 4.82. The molecule has 0 amide bonds. The molecular formula is C24H33N5S. The van der Waals surface area contributed by atoms with Gasteiger partial charge in [-0.2, -0.15) is 4.98 Å². The van der Waals surface area contributed by atoms with E-state index in [0.29, 0.717) is 17.0 Å². The highest BCUT2D eigenvalue weighted by Crippen LogP contribution is 2.40.